The van der Waals surface area contributed by atoms with Gasteiger partial charge in [-0.2, -0.15) is 0 Å². The molecule has 1 aromatic rings. The minimum atomic E-state index is -0.410. The van der Waals surface area contributed by atoms with Gasteiger partial charge in [0.25, 0.3) is 0 Å². The van der Waals surface area contributed by atoms with Gasteiger partial charge in [-0.25, -0.2) is 0 Å². The molecular weight excluding hydrogens is 235 g/mol. The predicted molar refractivity (Wildman–Crippen MR) is 63.1 cm³/mol. The largest absolute Gasteiger partial charge is 0.495 e. The van der Waals surface area contributed by atoms with Gasteiger partial charge in [0, 0.05) is 16.5 Å². The first kappa shape index (κ1) is 12.6. The van der Waals surface area contributed by atoms with E-state index < -0.39 is 5.41 Å². The predicted octanol–water partition coefficient (Wildman–Crippen LogP) is 3.27. The standard InChI is InChI=1S/C11H14Cl2O2/c1-11(2,6-14)7-4-9(13)10(15-3)5-8(7)12/h4-5,14H,6H2,1-3H3. The maximum atomic E-state index is 9.26. The molecule has 0 spiro atoms. The van der Waals surface area contributed by atoms with Crippen LogP contribution in [0, 0.1) is 0 Å². The van der Waals surface area contributed by atoms with Gasteiger partial charge in [-0.3, -0.25) is 0 Å². The summed E-state index contributed by atoms with van der Waals surface area (Å²) in [7, 11) is 1.54. The molecule has 84 valence electrons. The van der Waals surface area contributed by atoms with E-state index in [1.165, 1.54) is 7.11 Å². The molecule has 0 atom stereocenters. The van der Waals surface area contributed by atoms with Crippen molar-refractivity contribution in [1.82, 2.24) is 0 Å². The SMILES string of the molecule is COc1cc(Cl)c(C(C)(C)CO)cc1Cl. The second kappa shape index (κ2) is 4.60. The lowest BCUT2D eigenvalue weighted by molar-refractivity contribution is 0.218. The highest BCUT2D eigenvalue weighted by Gasteiger charge is 2.23. The number of aliphatic hydroxyl groups excluding tert-OH is 1. The van der Waals surface area contributed by atoms with Gasteiger partial charge in [-0.15, -0.1) is 0 Å². The molecule has 0 heterocycles. The van der Waals surface area contributed by atoms with Crippen LogP contribution >= 0.6 is 23.2 Å². The molecule has 0 aliphatic rings. The van der Waals surface area contributed by atoms with Crippen LogP contribution in [0.5, 0.6) is 5.75 Å². The highest BCUT2D eigenvalue weighted by atomic mass is 35.5. The van der Waals surface area contributed by atoms with Crippen LogP contribution in [0.3, 0.4) is 0 Å². The van der Waals surface area contributed by atoms with E-state index in [2.05, 4.69) is 0 Å². The van der Waals surface area contributed by atoms with Crippen molar-refractivity contribution in [3.63, 3.8) is 0 Å². The highest BCUT2D eigenvalue weighted by molar-refractivity contribution is 6.34. The van der Waals surface area contributed by atoms with Crippen molar-refractivity contribution in [2.24, 2.45) is 0 Å². The molecular formula is C11H14Cl2O2. The second-order valence-corrected chi connectivity index (χ2v) is 4.82. The molecule has 0 fully saturated rings. The summed E-state index contributed by atoms with van der Waals surface area (Å²) in [5.41, 5.74) is 0.407. The Morgan fingerprint density at radius 3 is 2.33 bits per heavy atom. The molecule has 0 aromatic heterocycles. The number of ether oxygens (including phenoxy) is 1. The zero-order chi connectivity index (χ0) is 11.6. The van der Waals surface area contributed by atoms with E-state index in [1.54, 1.807) is 12.1 Å². The van der Waals surface area contributed by atoms with Gasteiger partial charge in [-0.1, -0.05) is 37.0 Å². The number of rotatable bonds is 3. The fourth-order valence-corrected chi connectivity index (χ4v) is 1.94. The Bertz CT molecular complexity index is 362. The molecule has 15 heavy (non-hydrogen) atoms. The molecule has 1 aromatic carbocycles. The van der Waals surface area contributed by atoms with Crippen molar-refractivity contribution in [1.29, 1.82) is 0 Å². The van der Waals surface area contributed by atoms with Crippen molar-refractivity contribution in [3.05, 3.63) is 27.7 Å². The van der Waals surface area contributed by atoms with Crippen LogP contribution in [0.25, 0.3) is 0 Å². The number of hydrogen-bond donors (Lipinski definition) is 1. The summed E-state index contributed by atoms with van der Waals surface area (Å²) < 4.78 is 5.05. The summed E-state index contributed by atoms with van der Waals surface area (Å²) in [4.78, 5) is 0. The Labute approximate surface area is 99.8 Å². The Morgan fingerprint density at radius 2 is 1.87 bits per heavy atom. The normalized spacial score (nSPS) is 11.6. The van der Waals surface area contributed by atoms with Crippen molar-refractivity contribution >= 4 is 23.2 Å². The monoisotopic (exact) mass is 248 g/mol. The van der Waals surface area contributed by atoms with Crippen molar-refractivity contribution in [2.75, 3.05) is 13.7 Å². The number of hydrogen-bond acceptors (Lipinski definition) is 2. The van der Waals surface area contributed by atoms with Gasteiger partial charge < -0.3 is 9.84 Å². The lowest BCUT2D eigenvalue weighted by atomic mass is 9.85. The first-order chi connectivity index (χ1) is 6.92. The average Bonchev–Trinajstić information content (AvgIpc) is 2.20. The van der Waals surface area contributed by atoms with Crippen LogP contribution in [0.4, 0.5) is 0 Å². The van der Waals surface area contributed by atoms with Gasteiger partial charge in [0.15, 0.2) is 0 Å². The van der Waals surface area contributed by atoms with Crippen molar-refractivity contribution < 1.29 is 9.84 Å². The molecule has 0 unspecified atom stereocenters. The molecule has 4 heteroatoms. The Hall–Kier alpha value is -0.440. The summed E-state index contributed by atoms with van der Waals surface area (Å²) in [5.74, 6) is 0.541. The zero-order valence-corrected chi connectivity index (χ0v) is 10.5. The molecule has 1 N–H and O–H groups in total. The summed E-state index contributed by atoms with van der Waals surface area (Å²) in [6.07, 6.45) is 0. The lowest BCUT2D eigenvalue weighted by Gasteiger charge is -2.24. The Kier molecular flexibility index (Phi) is 3.87. The van der Waals surface area contributed by atoms with Crippen molar-refractivity contribution in [2.45, 2.75) is 19.3 Å². The number of benzene rings is 1. The van der Waals surface area contributed by atoms with E-state index >= 15 is 0 Å². The smallest absolute Gasteiger partial charge is 0.138 e. The molecule has 0 bridgehead atoms. The molecule has 0 radical (unpaired) electrons. The second-order valence-electron chi connectivity index (χ2n) is 4.01. The van der Waals surface area contributed by atoms with Gasteiger partial charge in [0.2, 0.25) is 0 Å². The third-order valence-corrected chi connectivity index (χ3v) is 2.97. The Balaban J connectivity index is 3.28. The van der Waals surface area contributed by atoms with Gasteiger partial charge in [0.05, 0.1) is 18.7 Å². The first-order valence-corrected chi connectivity index (χ1v) is 5.32. The topological polar surface area (TPSA) is 29.5 Å². The first-order valence-electron chi connectivity index (χ1n) is 4.56. The lowest BCUT2D eigenvalue weighted by Crippen LogP contribution is -2.22. The molecule has 0 aliphatic carbocycles. The fraction of sp³-hybridized carbons (Fsp3) is 0.455. The number of methoxy groups -OCH3 is 1. The maximum Gasteiger partial charge on any atom is 0.138 e. The van der Waals surface area contributed by atoms with E-state index in [0.29, 0.717) is 15.8 Å². The van der Waals surface area contributed by atoms with E-state index in [-0.39, 0.29) is 6.61 Å². The third-order valence-electron chi connectivity index (χ3n) is 2.37. The summed E-state index contributed by atoms with van der Waals surface area (Å²) in [6, 6.07) is 3.40. The minimum Gasteiger partial charge on any atom is -0.495 e. The summed E-state index contributed by atoms with van der Waals surface area (Å²) in [6.45, 7) is 3.81. The fourth-order valence-electron chi connectivity index (χ4n) is 1.29. The van der Waals surface area contributed by atoms with E-state index in [4.69, 9.17) is 27.9 Å². The van der Waals surface area contributed by atoms with Gasteiger partial charge in [-0.05, 0) is 11.6 Å². The number of aliphatic hydroxyl groups is 1. The quantitative estimate of drug-likeness (QED) is 0.890. The zero-order valence-electron chi connectivity index (χ0n) is 8.97. The molecule has 0 saturated carbocycles. The average molecular weight is 249 g/mol. The van der Waals surface area contributed by atoms with Gasteiger partial charge >= 0.3 is 0 Å². The summed E-state index contributed by atoms with van der Waals surface area (Å²) in [5, 5.41) is 10.3. The maximum absolute atomic E-state index is 9.26. The van der Waals surface area contributed by atoms with E-state index in [0.717, 1.165) is 5.56 Å². The summed E-state index contributed by atoms with van der Waals surface area (Å²) >= 11 is 12.1. The van der Waals surface area contributed by atoms with Crippen molar-refractivity contribution in [3.8, 4) is 5.75 Å². The van der Waals surface area contributed by atoms with Crippen LogP contribution in [0.15, 0.2) is 12.1 Å². The Morgan fingerprint density at radius 1 is 1.27 bits per heavy atom. The van der Waals surface area contributed by atoms with E-state index in [9.17, 15) is 5.11 Å². The van der Waals surface area contributed by atoms with Gasteiger partial charge in [0.1, 0.15) is 5.75 Å². The van der Waals surface area contributed by atoms with Crippen LogP contribution in [0.1, 0.15) is 19.4 Å². The van der Waals surface area contributed by atoms with E-state index in [1.807, 2.05) is 13.8 Å². The molecule has 2 nitrogen and oxygen atoms in total. The molecule has 1 rings (SSSR count). The molecule has 0 saturated heterocycles. The number of halogens is 2. The van der Waals surface area contributed by atoms with Crippen LogP contribution in [-0.4, -0.2) is 18.8 Å². The molecule has 0 aliphatic heterocycles. The minimum absolute atomic E-state index is 0.00930. The highest BCUT2D eigenvalue weighted by Crippen LogP contribution is 2.36. The molecule has 0 amide bonds. The van der Waals surface area contributed by atoms with Crippen LogP contribution in [-0.2, 0) is 5.41 Å². The van der Waals surface area contributed by atoms with Crippen LogP contribution in [0.2, 0.25) is 10.0 Å². The third kappa shape index (κ3) is 2.57. The van der Waals surface area contributed by atoms with Crippen LogP contribution < -0.4 is 4.74 Å².